The Balaban J connectivity index is 2.03. The van der Waals surface area contributed by atoms with Gasteiger partial charge in [0.25, 0.3) is 0 Å². The van der Waals surface area contributed by atoms with Crippen LogP contribution in [0.5, 0.6) is 0 Å². The molecule has 0 fully saturated rings. The molecule has 4 heteroatoms. The van der Waals surface area contributed by atoms with E-state index in [1.807, 2.05) is 47.2 Å². The van der Waals surface area contributed by atoms with Gasteiger partial charge in [-0.1, -0.05) is 74.2 Å². The van der Waals surface area contributed by atoms with Gasteiger partial charge < -0.3 is 0 Å². The van der Waals surface area contributed by atoms with Crippen LogP contribution in [0, 0.1) is 0 Å². The van der Waals surface area contributed by atoms with E-state index in [9.17, 15) is 4.79 Å². The van der Waals surface area contributed by atoms with E-state index in [0.29, 0.717) is 5.69 Å². The third-order valence-corrected chi connectivity index (χ3v) is 3.62. The molecule has 0 saturated heterocycles. The molecular weight excluding hydrogens is 274 g/mol. The van der Waals surface area contributed by atoms with Gasteiger partial charge >= 0.3 is 0 Å². The smallest absolute Gasteiger partial charge is 0.172 e. The van der Waals surface area contributed by atoms with Crippen LogP contribution in [0.2, 0.25) is 0 Å². The normalized spacial score (nSPS) is 11.1. The molecule has 0 N–H and O–H groups in total. The SMILES string of the molecule is CCCCCCCn1nnc(C=O)c1/C=C/c1ccccc1. The number of rotatable bonds is 9. The van der Waals surface area contributed by atoms with E-state index >= 15 is 0 Å². The third kappa shape index (κ3) is 4.65. The number of unbranched alkanes of at least 4 members (excludes halogenated alkanes) is 4. The number of carbonyl (C=O) groups is 1. The van der Waals surface area contributed by atoms with Gasteiger partial charge in [-0.3, -0.25) is 4.79 Å². The van der Waals surface area contributed by atoms with E-state index in [1.54, 1.807) is 0 Å². The van der Waals surface area contributed by atoms with Crippen LogP contribution in [-0.2, 0) is 6.54 Å². The molecule has 0 saturated carbocycles. The molecule has 0 radical (unpaired) electrons. The molecule has 0 amide bonds. The fourth-order valence-electron chi connectivity index (χ4n) is 2.36. The lowest BCUT2D eigenvalue weighted by Gasteiger charge is -2.03. The first kappa shape index (κ1) is 16.1. The first-order chi connectivity index (χ1) is 10.8. The molecule has 0 unspecified atom stereocenters. The lowest BCUT2D eigenvalue weighted by molar-refractivity contribution is 0.111. The van der Waals surface area contributed by atoms with E-state index in [1.165, 1.54) is 25.7 Å². The number of aldehydes is 1. The van der Waals surface area contributed by atoms with Crippen molar-refractivity contribution in [2.45, 2.75) is 45.6 Å². The molecule has 2 aromatic rings. The van der Waals surface area contributed by atoms with Crippen LogP contribution < -0.4 is 0 Å². The topological polar surface area (TPSA) is 47.8 Å². The minimum atomic E-state index is 0.403. The molecular formula is C18H23N3O. The Hall–Kier alpha value is -2.23. The maximum Gasteiger partial charge on any atom is 0.172 e. The molecule has 1 aromatic heterocycles. The molecule has 22 heavy (non-hydrogen) atoms. The van der Waals surface area contributed by atoms with Gasteiger partial charge in [0.2, 0.25) is 0 Å². The molecule has 0 aliphatic heterocycles. The van der Waals surface area contributed by atoms with E-state index in [4.69, 9.17) is 0 Å². The van der Waals surface area contributed by atoms with Crippen LogP contribution in [0.3, 0.4) is 0 Å². The number of hydrogen-bond acceptors (Lipinski definition) is 3. The first-order valence-corrected chi connectivity index (χ1v) is 7.97. The fourth-order valence-corrected chi connectivity index (χ4v) is 2.36. The van der Waals surface area contributed by atoms with Gasteiger partial charge in [0.05, 0.1) is 5.69 Å². The van der Waals surface area contributed by atoms with Crippen LogP contribution >= 0.6 is 0 Å². The van der Waals surface area contributed by atoms with Gasteiger partial charge in [-0.2, -0.15) is 0 Å². The summed E-state index contributed by atoms with van der Waals surface area (Å²) < 4.78 is 1.83. The largest absolute Gasteiger partial charge is 0.296 e. The molecule has 2 rings (SSSR count). The summed E-state index contributed by atoms with van der Waals surface area (Å²) in [7, 11) is 0. The fraction of sp³-hybridized carbons (Fsp3) is 0.389. The summed E-state index contributed by atoms with van der Waals surface area (Å²) in [5.74, 6) is 0. The molecule has 0 aliphatic carbocycles. The lowest BCUT2D eigenvalue weighted by Crippen LogP contribution is -2.03. The van der Waals surface area contributed by atoms with Crippen molar-refractivity contribution in [1.29, 1.82) is 0 Å². The predicted octanol–water partition coefficient (Wildman–Crippen LogP) is 4.23. The van der Waals surface area contributed by atoms with Crippen LogP contribution in [0.1, 0.15) is 60.8 Å². The molecule has 0 atom stereocenters. The van der Waals surface area contributed by atoms with E-state index in [2.05, 4.69) is 17.2 Å². The molecule has 0 spiro atoms. The zero-order valence-electron chi connectivity index (χ0n) is 13.1. The van der Waals surface area contributed by atoms with Gasteiger partial charge in [-0.15, -0.1) is 5.10 Å². The van der Waals surface area contributed by atoms with Crippen molar-refractivity contribution in [2.24, 2.45) is 0 Å². The first-order valence-electron chi connectivity index (χ1n) is 7.97. The second-order valence-corrected chi connectivity index (χ2v) is 5.36. The molecule has 1 heterocycles. The van der Waals surface area contributed by atoms with Crippen molar-refractivity contribution < 1.29 is 4.79 Å². The predicted molar refractivity (Wildman–Crippen MR) is 89.5 cm³/mol. The quantitative estimate of drug-likeness (QED) is 0.514. The minimum absolute atomic E-state index is 0.403. The zero-order valence-corrected chi connectivity index (χ0v) is 13.1. The van der Waals surface area contributed by atoms with Crippen molar-refractivity contribution in [2.75, 3.05) is 0 Å². The standard InChI is InChI=1S/C18H23N3O/c1-2-3-4-5-9-14-21-18(17(15-22)19-20-21)13-12-16-10-7-6-8-11-16/h6-8,10-13,15H,2-5,9,14H2,1H3/b13-12+. The average Bonchev–Trinajstić information content (AvgIpc) is 2.95. The van der Waals surface area contributed by atoms with Crippen molar-refractivity contribution in [3.8, 4) is 0 Å². The number of benzene rings is 1. The van der Waals surface area contributed by atoms with Gasteiger partial charge in [0.15, 0.2) is 12.0 Å². The van der Waals surface area contributed by atoms with Crippen LogP contribution in [-0.4, -0.2) is 21.3 Å². The summed E-state index contributed by atoms with van der Waals surface area (Å²) in [6.07, 6.45) is 10.7. The van der Waals surface area contributed by atoms with Crippen LogP contribution in [0.15, 0.2) is 30.3 Å². The highest BCUT2D eigenvalue weighted by Crippen LogP contribution is 2.12. The van der Waals surface area contributed by atoms with Crippen molar-refractivity contribution in [3.05, 3.63) is 47.3 Å². The number of aryl methyl sites for hydroxylation is 1. The van der Waals surface area contributed by atoms with Gasteiger partial charge in [-0.25, -0.2) is 4.68 Å². The molecule has 4 nitrogen and oxygen atoms in total. The highest BCUT2D eigenvalue weighted by atomic mass is 16.1. The molecule has 1 aromatic carbocycles. The van der Waals surface area contributed by atoms with Gasteiger partial charge in [0, 0.05) is 6.54 Å². The number of aromatic nitrogens is 3. The van der Waals surface area contributed by atoms with Crippen molar-refractivity contribution >= 4 is 18.4 Å². The Labute approximate surface area is 131 Å². The van der Waals surface area contributed by atoms with Crippen molar-refractivity contribution in [3.63, 3.8) is 0 Å². The number of carbonyl (C=O) groups excluding carboxylic acids is 1. The Morgan fingerprint density at radius 1 is 1.05 bits per heavy atom. The zero-order chi connectivity index (χ0) is 15.6. The van der Waals surface area contributed by atoms with Gasteiger partial charge in [-0.05, 0) is 18.1 Å². The summed E-state index contributed by atoms with van der Waals surface area (Å²) in [4.78, 5) is 11.1. The van der Waals surface area contributed by atoms with Crippen molar-refractivity contribution in [1.82, 2.24) is 15.0 Å². The highest BCUT2D eigenvalue weighted by molar-refractivity contribution is 5.81. The second kappa shape index (κ2) is 8.93. The third-order valence-electron chi connectivity index (χ3n) is 3.62. The lowest BCUT2D eigenvalue weighted by atomic mass is 10.1. The maximum absolute atomic E-state index is 11.1. The summed E-state index contributed by atoms with van der Waals surface area (Å²) >= 11 is 0. The van der Waals surface area contributed by atoms with Crippen LogP contribution in [0.4, 0.5) is 0 Å². The summed E-state index contributed by atoms with van der Waals surface area (Å²) in [5.41, 5.74) is 2.28. The molecule has 0 bridgehead atoms. The Kier molecular flexibility index (Phi) is 6.55. The van der Waals surface area contributed by atoms with E-state index in [0.717, 1.165) is 30.5 Å². The second-order valence-electron chi connectivity index (χ2n) is 5.36. The number of nitrogens with zero attached hydrogens (tertiary/aromatic N) is 3. The summed E-state index contributed by atoms with van der Waals surface area (Å²) in [6, 6.07) is 10.0. The Morgan fingerprint density at radius 3 is 2.55 bits per heavy atom. The summed E-state index contributed by atoms with van der Waals surface area (Å²) in [5, 5.41) is 8.06. The van der Waals surface area contributed by atoms with Crippen LogP contribution in [0.25, 0.3) is 12.2 Å². The van der Waals surface area contributed by atoms with Gasteiger partial charge in [0.1, 0.15) is 0 Å². The highest BCUT2D eigenvalue weighted by Gasteiger charge is 2.08. The molecule has 116 valence electrons. The summed E-state index contributed by atoms with van der Waals surface area (Å²) in [6.45, 7) is 3.01. The molecule has 0 aliphatic rings. The number of hydrogen-bond donors (Lipinski definition) is 0. The Morgan fingerprint density at radius 2 is 1.82 bits per heavy atom. The Bertz CT molecular complexity index is 602. The van der Waals surface area contributed by atoms with E-state index in [-0.39, 0.29) is 0 Å². The average molecular weight is 297 g/mol. The minimum Gasteiger partial charge on any atom is -0.296 e. The maximum atomic E-state index is 11.1. The van der Waals surface area contributed by atoms with E-state index < -0.39 is 0 Å². The monoisotopic (exact) mass is 297 g/mol.